The lowest BCUT2D eigenvalue weighted by Crippen LogP contribution is -2.46. The Bertz CT molecular complexity index is 1220. The van der Waals surface area contributed by atoms with Crippen LogP contribution in [-0.2, 0) is 9.53 Å². The second-order valence-corrected chi connectivity index (χ2v) is 8.55. The number of nitrogens with one attached hydrogen (secondary N) is 1. The topological polar surface area (TPSA) is 76.5 Å². The highest BCUT2D eigenvalue weighted by Crippen LogP contribution is 2.37. The lowest BCUT2D eigenvalue weighted by molar-refractivity contribution is -0.143. The number of esters is 1. The number of nitrogens with zero attached hydrogens (tertiary/aromatic N) is 3. The van der Waals surface area contributed by atoms with Gasteiger partial charge in [-0.25, -0.2) is 14.3 Å². The number of aromatic nitrogens is 2. The fraction of sp³-hybridized carbons (Fsp3) is 0.240. The van der Waals surface area contributed by atoms with Crippen LogP contribution < -0.4 is 5.32 Å². The van der Waals surface area contributed by atoms with Crippen molar-refractivity contribution in [3.05, 3.63) is 82.7 Å². The van der Waals surface area contributed by atoms with Crippen molar-refractivity contribution in [1.29, 1.82) is 0 Å². The highest BCUT2D eigenvalue weighted by molar-refractivity contribution is 6.30. The fourth-order valence-electron chi connectivity index (χ4n) is 3.75. The first-order chi connectivity index (χ1) is 15.8. The summed E-state index contributed by atoms with van der Waals surface area (Å²) in [7, 11) is 1.62. The van der Waals surface area contributed by atoms with Crippen molar-refractivity contribution in [3.8, 4) is 16.9 Å². The van der Waals surface area contributed by atoms with Gasteiger partial charge >= 0.3 is 12.0 Å². The minimum Gasteiger partial charge on any atom is -0.459 e. The van der Waals surface area contributed by atoms with Gasteiger partial charge in [0.05, 0.1) is 29.1 Å². The Kier molecular flexibility index (Phi) is 6.24. The minimum atomic E-state index is -0.733. The number of urea groups is 1. The molecular weight excluding hydrogens is 440 g/mol. The summed E-state index contributed by atoms with van der Waals surface area (Å²) >= 11 is 6.10. The number of para-hydroxylation sites is 1. The van der Waals surface area contributed by atoms with E-state index < -0.39 is 12.0 Å². The highest BCUT2D eigenvalue weighted by Gasteiger charge is 2.37. The van der Waals surface area contributed by atoms with Crippen molar-refractivity contribution < 1.29 is 14.3 Å². The monoisotopic (exact) mass is 464 g/mol. The van der Waals surface area contributed by atoms with Gasteiger partial charge in [-0.2, -0.15) is 5.10 Å². The predicted molar refractivity (Wildman–Crippen MR) is 127 cm³/mol. The molecule has 33 heavy (non-hydrogen) atoms. The summed E-state index contributed by atoms with van der Waals surface area (Å²) in [6.45, 7) is 5.33. The first-order valence-electron chi connectivity index (χ1n) is 10.6. The van der Waals surface area contributed by atoms with Crippen LogP contribution in [0.4, 0.5) is 4.79 Å². The summed E-state index contributed by atoms with van der Waals surface area (Å²) in [5, 5.41) is 8.37. The van der Waals surface area contributed by atoms with Crippen molar-refractivity contribution in [3.63, 3.8) is 0 Å². The number of benzene rings is 2. The van der Waals surface area contributed by atoms with Crippen LogP contribution in [0, 0.1) is 0 Å². The van der Waals surface area contributed by atoms with Crippen molar-refractivity contribution in [2.24, 2.45) is 0 Å². The summed E-state index contributed by atoms with van der Waals surface area (Å²) in [5.74, 6) is -0.478. The molecule has 2 heterocycles. The number of carbonyl (C=O) groups is 2. The molecule has 0 saturated heterocycles. The van der Waals surface area contributed by atoms with E-state index in [0.717, 1.165) is 11.3 Å². The van der Waals surface area contributed by atoms with Crippen LogP contribution in [0.3, 0.4) is 0 Å². The first kappa shape index (κ1) is 22.6. The maximum absolute atomic E-state index is 13.1. The largest absolute Gasteiger partial charge is 0.459 e. The first-order valence-corrected chi connectivity index (χ1v) is 11.0. The summed E-state index contributed by atoms with van der Waals surface area (Å²) in [6.07, 6.45) is 1.54. The molecule has 1 aromatic heterocycles. The molecule has 2 aromatic carbocycles. The van der Waals surface area contributed by atoms with Gasteiger partial charge in [0.15, 0.2) is 0 Å². The molecule has 3 aromatic rings. The zero-order valence-corrected chi connectivity index (χ0v) is 19.6. The third-order valence-electron chi connectivity index (χ3n) is 5.51. The minimum absolute atomic E-state index is 0.302. The molecule has 1 atom stereocenters. The molecule has 7 nitrogen and oxygen atoms in total. The van der Waals surface area contributed by atoms with E-state index in [1.807, 2.05) is 48.7 Å². The number of allylic oxidation sites excluding steroid dienone is 1. The van der Waals surface area contributed by atoms with Crippen LogP contribution in [-0.4, -0.2) is 39.8 Å². The Morgan fingerprint density at radius 2 is 1.79 bits per heavy atom. The third-order valence-corrected chi connectivity index (χ3v) is 5.76. The number of hydrogen-bond donors (Lipinski definition) is 1. The van der Waals surface area contributed by atoms with E-state index in [1.54, 1.807) is 44.6 Å². The number of amides is 2. The van der Waals surface area contributed by atoms with Gasteiger partial charge in [0.1, 0.15) is 0 Å². The lowest BCUT2D eigenvalue weighted by Gasteiger charge is -2.33. The molecule has 1 aliphatic heterocycles. The van der Waals surface area contributed by atoms with Crippen molar-refractivity contribution >= 4 is 23.6 Å². The van der Waals surface area contributed by atoms with Crippen LogP contribution in [0.2, 0.25) is 5.02 Å². The van der Waals surface area contributed by atoms with E-state index in [9.17, 15) is 9.59 Å². The van der Waals surface area contributed by atoms with E-state index in [-0.39, 0.29) is 12.1 Å². The van der Waals surface area contributed by atoms with Crippen molar-refractivity contribution in [2.45, 2.75) is 32.9 Å². The SMILES string of the molecule is CC1=C(C(=O)OC(C)C)C(c2cn(-c3ccccc3)nc2-c2ccc(Cl)cc2)NC(=O)N1C. The molecule has 0 radical (unpaired) electrons. The Morgan fingerprint density at radius 3 is 2.42 bits per heavy atom. The van der Waals surface area contributed by atoms with Crippen LogP contribution in [0.25, 0.3) is 16.9 Å². The van der Waals surface area contributed by atoms with Gasteiger partial charge in [0.25, 0.3) is 0 Å². The summed E-state index contributed by atoms with van der Waals surface area (Å²) in [5.41, 5.74) is 3.87. The van der Waals surface area contributed by atoms with Crippen molar-refractivity contribution in [1.82, 2.24) is 20.0 Å². The molecule has 0 aliphatic carbocycles. The Hall–Kier alpha value is -3.58. The molecule has 8 heteroatoms. The number of halogens is 1. The number of rotatable bonds is 5. The summed E-state index contributed by atoms with van der Waals surface area (Å²) < 4.78 is 7.27. The normalized spacial score (nSPS) is 16.2. The van der Waals surface area contributed by atoms with Gasteiger partial charge in [0.2, 0.25) is 0 Å². The third kappa shape index (κ3) is 4.50. The van der Waals surface area contributed by atoms with E-state index in [2.05, 4.69) is 5.32 Å². The van der Waals surface area contributed by atoms with Crippen LogP contribution >= 0.6 is 11.6 Å². The van der Waals surface area contributed by atoms with Crippen LogP contribution in [0.1, 0.15) is 32.4 Å². The summed E-state index contributed by atoms with van der Waals surface area (Å²) in [6, 6.07) is 15.9. The lowest BCUT2D eigenvalue weighted by atomic mass is 9.93. The van der Waals surface area contributed by atoms with Crippen molar-refractivity contribution in [2.75, 3.05) is 7.05 Å². The van der Waals surface area contributed by atoms with Crippen LogP contribution in [0.5, 0.6) is 0 Å². The summed E-state index contributed by atoms with van der Waals surface area (Å²) in [4.78, 5) is 27.3. The standard InChI is InChI=1S/C25H25ClN4O3/c1-15(2)33-24(31)21-16(3)29(4)25(32)27-23(21)20-14-30(19-8-6-5-7-9-19)28-22(20)17-10-12-18(26)13-11-17/h5-15,23H,1-4H3,(H,27,32). The molecule has 2 amide bonds. The molecule has 0 bridgehead atoms. The second kappa shape index (κ2) is 9.11. The van der Waals surface area contributed by atoms with E-state index in [4.69, 9.17) is 21.4 Å². The van der Waals surface area contributed by atoms with Gasteiger partial charge in [-0.1, -0.05) is 41.9 Å². The zero-order valence-electron chi connectivity index (χ0n) is 18.9. The molecule has 4 rings (SSSR count). The quantitative estimate of drug-likeness (QED) is 0.532. The molecule has 0 fully saturated rings. The van der Waals surface area contributed by atoms with E-state index in [1.165, 1.54) is 4.90 Å². The molecule has 0 spiro atoms. The maximum atomic E-state index is 13.1. The molecule has 1 N–H and O–H groups in total. The molecule has 170 valence electrons. The van der Waals surface area contributed by atoms with Gasteiger partial charge in [-0.05, 0) is 45.0 Å². The number of carbonyl (C=O) groups excluding carboxylic acids is 2. The zero-order chi connectivity index (χ0) is 23.7. The number of hydrogen-bond acceptors (Lipinski definition) is 4. The van der Waals surface area contributed by atoms with Gasteiger partial charge < -0.3 is 15.0 Å². The Balaban J connectivity index is 1.91. The molecule has 1 aliphatic rings. The average Bonchev–Trinajstić information content (AvgIpc) is 3.23. The Labute approximate surface area is 197 Å². The van der Waals surface area contributed by atoms with E-state index >= 15 is 0 Å². The fourth-order valence-corrected chi connectivity index (χ4v) is 3.88. The van der Waals surface area contributed by atoms with E-state index in [0.29, 0.717) is 27.6 Å². The van der Waals surface area contributed by atoms with Gasteiger partial charge in [0, 0.05) is 35.1 Å². The average molecular weight is 465 g/mol. The molecule has 0 saturated carbocycles. The van der Waals surface area contributed by atoms with Crippen LogP contribution in [0.15, 0.2) is 72.1 Å². The molecular formula is C25H25ClN4O3. The highest BCUT2D eigenvalue weighted by atomic mass is 35.5. The van der Waals surface area contributed by atoms with Gasteiger partial charge in [-0.3, -0.25) is 0 Å². The number of ether oxygens (including phenoxy) is 1. The second-order valence-electron chi connectivity index (χ2n) is 8.11. The maximum Gasteiger partial charge on any atom is 0.338 e. The van der Waals surface area contributed by atoms with Gasteiger partial charge in [-0.15, -0.1) is 0 Å². The smallest absolute Gasteiger partial charge is 0.338 e. The Morgan fingerprint density at radius 1 is 1.12 bits per heavy atom. The predicted octanol–water partition coefficient (Wildman–Crippen LogP) is 5.11. The molecule has 1 unspecified atom stereocenters.